The van der Waals surface area contributed by atoms with E-state index < -0.39 is 12.1 Å². The smallest absolute Gasteiger partial charge is 0.352 e. The highest BCUT2D eigenvalue weighted by atomic mass is 35.5. The minimum Gasteiger partial charge on any atom is -0.479 e. The van der Waals surface area contributed by atoms with Gasteiger partial charge >= 0.3 is 5.97 Å². The summed E-state index contributed by atoms with van der Waals surface area (Å²) in [7, 11) is 0. The summed E-state index contributed by atoms with van der Waals surface area (Å²) in [5.74, 6) is -0.0688. The number of hydrogen-bond donors (Lipinski definition) is 1. The van der Waals surface area contributed by atoms with Crippen LogP contribution in [0.4, 0.5) is 5.69 Å². The molecule has 0 spiro atoms. The second kappa shape index (κ2) is 11.7. The molecule has 0 aliphatic carbocycles. The molecule has 1 unspecified atom stereocenters. The number of esters is 1. The Balaban J connectivity index is 1.34. The number of amides is 1. The maximum absolute atomic E-state index is 12.6. The van der Waals surface area contributed by atoms with Crippen molar-refractivity contribution in [1.29, 1.82) is 0 Å². The average molecular weight is 548 g/mol. The van der Waals surface area contributed by atoms with E-state index in [-0.39, 0.29) is 11.3 Å². The lowest BCUT2D eigenvalue weighted by Gasteiger charge is -2.26. The van der Waals surface area contributed by atoms with Crippen LogP contribution in [-0.4, -0.2) is 18.0 Å². The Morgan fingerprint density at radius 1 is 0.789 bits per heavy atom. The first-order chi connectivity index (χ1) is 18.1. The fourth-order valence-electron chi connectivity index (χ4n) is 3.89. The van der Waals surface area contributed by atoms with Gasteiger partial charge in [0.05, 0.1) is 10.7 Å². The molecule has 194 valence electrons. The molecule has 0 aliphatic heterocycles. The molecule has 1 N–H and O–H groups in total. The van der Waals surface area contributed by atoms with Gasteiger partial charge in [0.25, 0.3) is 5.91 Å². The number of rotatable bonds is 8. The fourth-order valence-corrected chi connectivity index (χ4v) is 4.22. The van der Waals surface area contributed by atoms with Crippen LogP contribution in [0, 0.1) is 0 Å². The Bertz CT molecular complexity index is 1420. The molecule has 0 saturated heterocycles. The molecule has 38 heavy (non-hydrogen) atoms. The third kappa shape index (κ3) is 6.55. The highest BCUT2D eigenvalue weighted by Crippen LogP contribution is 2.32. The van der Waals surface area contributed by atoms with Crippen molar-refractivity contribution in [2.45, 2.75) is 32.3 Å². The Hall–Kier alpha value is -3.80. The van der Waals surface area contributed by atoms with Gasteiger partial charge in [-0.2, -0.15) is 0 Å². The molecule has 0 aromatic heterocycles. The number of anilines is 1. The first-order valence-electron chi connectivity index (χ1n) is 12.0. The quantitative estimate of drug-likeness (QED) is 0.179. The first kappa shape index (κ1) is 27.2. The zero-order valence-corrected chi connectivity index (χ0v) is 22.7. The number of ether oxygens (including phenoxy) is 2. The van der Waals surface area contributed by atoms with Gasteiger partial charge in [0.2, 0.25) is 0 Å². The van der Waals surface area contributed by atoms with Crippen molar-refractivity contribution >= 4 is 40.8 Å². The van der Waals surface area contributed by atoms with Crippen molar-refractivity contribution in [1.82, 2.24) is 0 Å². The number of carbonyl (C=O) groups is 2. The molecule has 0 heterocycles. The van der Waals surface area contributed by atoms with Gasteiger partial charge in [0, 0.05) is 16.0 Å². The van der Waals surface area contributed by atoms with Gasteiger partial charge in [-0.3, -0.25) is 4.79 Å². The normalized spacial score (nSPS) is 11.9. The monoisotopic (exact) mass is 547 g/mol. The van der Waals surface area contributed by atoms with Gasteiger partial charge in [-0.15, -0.1) is 0 Å². The van der Waals surface area contributed by atoms with Crippen LogP contribution in [0.2, 0.25) is 10.0 Å². The number of carbonyl (C=O) groups excluding carboxylic acids is 2. The molecule has 4 aromatic carbocycles. The molecule has 0 radical (unpaired) electrons. The second-order valence-electron chi connectivity index (χ2n) is 9.30. The van der Waals surface area contributed by atoms with Gasteiger partial charge < -0.3 is 14.8 Å². The zero-order chi connectivity index (χ0) is 27.3. The largest absolute Gasteiger partial charge is 0.479 e. The summed E-state index contributed by atoms with van der Waals surface area (Å²) >= 11 is 12.1. The third-order valence-electron chi connectivity index (χ3n) is 6.23. The maximum Gasteiger partial charge on any atom is 0.352 e. The molecule has 4 rings (SSSR count). The number of halogens is 2. The molecule has 0 bridgehead atoms. The Labute approximate surface area is 232 Å². The van der Waals surface area contributed by atoms with Crippen LogP contribution in [0.15, 0.2) is 97.1 Å². The van der Waals surface area contributed by atoms with Crippen LogP contribution in [0.5, 0.6) is 11.5 Å². The van der Waals surface area contributed by atoms with E-state index >= 15 is 0 Å². The molecule has 0 saturated carbocycles. The summed E-state index contributed by atoms with van der Waals surface area (Å²) in [4.78, 5) is 25.2. The van der Waals surface area contributed by atoms with Gasteiger partial charge in [0.1, 0.15) is 11.5 Å². The zero-order valence-electron chi connectivity index (χ0n) is 21.2. The van der Waals surface area contributed by atoms with Crippen molar-refractivity contribution in [3.8, 4) is 11.5 Å². The third-order valence-corrected chi connectivity index (χ3v) is 6.79. The summed E-state index contributed by atoms with van der Waals surface area (Å²) in [5, 5.41) is 3.54. The Morgan fingerprint density at radius 3 is 2.05 bits per heavy atom. The lowest BCUT2D eigenvalue weighted by atomic mass is 9.78. The Kier molecular flexibility index (Phi) is 8.40. The van der Waals surface area contributed by atoms with Crippen molar-refractivity contribution in [3.05, 3.63) is 124 Å². The van der Waals surface area contributed by atoms with Crippen molar-refractivity contribution in [2.75, 3.05) is 5.32 Å². The topological polar surface area (TPSA) is 64.6 Å². The molecule has 0 fully saturated rings. The lowest BCUT2D eigenvalue weighted by molar-refractivity contribution is -0.141. The minimum absolute atomic E-state index is 0.173. The molecular formula is C31H27Cl2NO4. The van der Waals surface area contributed by atoms with Gasteiger partial charge in [-0.25, -0.2) is 4.79 Å². The summed E-state index contributed by atoms with van der Waals surface area (Å²) in [6.07, 6.45) is -0.837. The minimum atomic E-state index is -0.837. The predicted molar refractivity (Wildman–Crippen MR) is 152 cm³/mol. The summed E-state index contributed by atoms with van der Waals surface area (Å²) in [6, 6.07) is 29.0. The molecule has 0 aliphatic rings. The van der Waals surface area contributed by atoms with Crippen LogP contribution in [-0.2, 0) is 10.2 Å². The summed E-state index contributed by atoms with van der Waals surface area (Å²) in [6.45, 7) is 5.96. The van der Waals surface area contributed by atoms with Gasteiger partial charge in [0.15, 0.2) is 6.10 Å². The molecule has 1 amide bonds. The van der Waals surface area contributed by atoms with E-state index in [2.05, 4.69) is 31.3 Å². The SMILES string of the molecule is CC(Oc1ccc(C(C)(C)c2ccccc2)cc1)C(=O)Oc1ccc(C(=O)Nc2cc(Cl)ccc2Cl)cc1. The van der Waals surface area contributed by atoms with E-state index in [4.69, 9.17) is 32.7 Å². The molecule has 1 atom stereocenters. The summed E-state index contributed by atoms with van der Waals surface area (Å²) in [5.41, 5.74) is 2.94. The van der Waals surface area contributed by atoms with Crippen LogP contribution >= 0.6 is 23.2 Å². The molecule has 4 aromatic rings. The summed E-state index contributed by atoms with van der Waals surface area (Å²) < 4.78 is 11.2. The number of nitrogens with one attached hydrogen (secondary N) is 1. The van der Waals surface area contributed by atoms with Gasteiger partial charge in [-0.05, 0) is 72.6 Å². The predicted octanol–water partition coefficient (Wildman–Crippen LogP) is 7.94. The van der Waals surface area contributed by atoms with E-state index in [0.29, 0.717) is 32.8 Å². The first-order valence-corrected chi connectivity index (χ1v) is 12.8. The highest BCUT2D eigenvalue weighted by Gasteiger charge is 2.23. The fraction of sp³-hybridized carbons (Fsp3) is 0.161. The van der Waals surface area contributed by atoms with Crippen LogP contribution in [0.25, 0.3) is 0 Å². The van der Waals surface area contributed by atoms with Crippen LogP contribution < -0.4 is 14.8 Å². The van der Waals surface area contributed by atoms with Crippen molar-refractivity contribution in [2.24, 2.45) is 0 Å². The van der Waals surface area contributed by atoms with Gasteiger partial charge in [-0.1, -0.05) is 79.5 Å². The van der Waals surface area contributed by atoms with E-state index in [9.17, 15) is 9.59 Å². The lowest BCUT2D eigenvalue weighted by Crippen LogP contribution is -2.28. The standard InChI is InChI=1S/C31H27Cl2NO4/c1-20(37-25-16-11-23(12-17-25)31(2,3)22-7-5-4-6-8-22)30(36)38-26-14-9-21(10-15-26)29(35)34-28-19-24(32)13-18-27(28)33/h4-20H,1-3H3,(H,34,35). The van der Waals surface area contributed by atoms with Crippen molar-refractivity contribution in [3.63, 3.8) is 0 Å². The average Bonchev–Trinajstić information content (AvgIpc) is 2.92. The van der Waals surface area contributed by atoms with Crippen molar-refractivity contribution < 1.29 is 19.1 Å². The number of benzene rings is 4. The van der Waals surface area contributed by atoms with Crippen LogP contribution in [0.3, 0.4) is 0 Å². The van der Waals surface area contributed by atoms with Crippen LogP contribution in [0.1, 0.15) is 42.3 Å². The second-order valence-corrected chi connectivity index (χ2v) is 10.1. The maximum atomic E-state index is 12.6. The molecule has 7 heteroatoms. The van der Waals surface area contributed by atoms with E-state index in [1.54, 1.807) is 49.4 Å². The van der Waals surface area contributed by atoms with E-state index in [1.807, 2.05) is 42.5 Å². The molecular weight excluding hydrogens is 521 g/mol. The Morgan fingerprint density at radius 2 is 1.39 bits per heavy atom. The van der Waals surface area contributed by atoms with E-state index in [1.165, 1.54) is 5.56 Å². The number of hydrogen-bond acceptors (Lipinski definition) is 4. The van der Waals surface area contributed by atoms with E-state index in [0.717, 1.165) is 5.56 Å². The highest BCUT2D eigenvalue weighted by molar-refractivity contribution is 6.35. The molecule has 5 nitrogen and oxygen atoms in total.